The molecule has 0 saturated carbocycles. The number of carboxylic acid groups (broad SMARTS) is 1. The molecular formula is C19H19NO4. The van der Waals surface area contributed by atoms with Crippen molar-refractivity contribution in [2.75, 3.05) is 13.1 Å². The van der Waals surface area contributed by atoms with Gasteiger partial charge in [-0.2, -0.15) is 0 Å². The molecule has 1 fully saturated rings. The van der Waals surface area contributed by atoms with Crippen molar-refractivity contribution in [1.29, 1.82) is 0 Å². The summed E-state index contributed by atoms with van der Waals surface area (Å²) in [5.74, 6) is -1.72. The molecule has 3 rings (SSSR count). The number of nitrogens with zero attached hydrogens (tertiary/aromatic N) is 1. The Hall–Kier alpha value is -2.82. The van der Waals surface area contributed by atoms with Crippen LogP contribution in [0.3, 0.4) is 0 Å². The monoisotopic (exact) mass is 325 g/mol. The van der Waals surface area contributed by atoms with Crippen LogP contribution in [0.15, 0.2) is 60.7 Å². The summed E-state index contributed by atoms with van der Waals surface area (Å²) in [5.41, 5.74) is 1.84. The van der Waals surface area contributed by atoms with Crippen LogP contribution in [0.1, 0.15) is 17.0 Å². The maximum atomic E-state index is 12.3. The fourth-order valence-corrected chi connectivity index (χ4v) is 3.05. The molecule has 1 amide bonds. The Kier molecular flexibility index (Phi) is 4.79. The van der Waals surface area contributed by atoms with Gasteiger partial charge in [-0.1, -0.05) is 60.7 Å². The Morgan fingerprint density at radius 3 is 2.25 bits per heavy atom. The fourth-order valence-electron chi connectivity index (χ4n) is 3.05. The van der Waals surface area contributed by atoms with Gasteiger partial charge in [0.2, 0.25) is 0 Å². The topological polar surface area (TPSA) is 66.8 Å². The molecule has 0 aromatic heterocycles. The molecule has 1 heterocycles. The van der Waals surface area contributed by atoms with E-state index in [9.17, 15) is 14.7 Å². The molecule has 1 saturated heterocycles. The van der Waals surface area contributed by atoms with Gasteiger partial charge in [0.25, 0.3) is 0 Å². The lowest BCUT2D eigenvalue weighted by Crippen LogP contribution is -2.30. The van der Waals surface area contributed by atoms with Gasteiger partial charge in [-0.05, 0) is 11.1 Å². The molecule has 1 N–H and O–H groups in total. The van der Waals surface area contributed by atoms with Crippen molar-refractivity contribution in [2.45, 2.75) is 12.5 Å². The van der Waals surface area contributed by atoms with Crippen molar-refractivity contribution >= 4 is 12.1 Å². The van der Waals surface area contributed by atoms with Gasteiger partial charge in [-0.25, -0.2) is 4.79 Å². The molecular weight excluding hydrogens is 306 g/mol. The van der Waals surface area contributed by atoms with Gasteiger partial charge in [0.1, 0.15) is 6.61 Å². The molecule has 0 radical (unpaired) electrons. The van der Waals surface area contributed by atoms with E-state index in [4.69, 9.17) is 4.74 Å². The first-order valence-electron chi connectivity index (χ1n) is 7.88. The van der Waals surface area contributed by atoms with E-state index in [1.54, 1.807) is 0 Å². The number of carboxylic acids is 1. The summed E-state index contributed by atoms with van der Waals surface area (Å²) in [5, 5.41) is 9.47. The molecule has 2 aromatic carbocycles. The maximum Gasteiger partial charge on any atom is 0.410 e. The van der Waals surface area contributed by atoms with E-state index < -0.39 is 18.0 Å². The SMILES string of the molecule is O=C(O)[C@H]1CN(C(=O)OCc2ccccc2)C[C@H]1c1ccccc1. The van der Waals surface area contributed by atoms with Crippen molar-refractivity contribution in [1.82, 2.24) is 4.90 Å². The largest absolute Gasteiger partial charge is 0.481 e. The number of benzene rings is 2. The molecule has 1 aliphatic heterocycles. The molecule has 1 aliphatic rings. The molecule has 0 aliphatic carbocycles. The van der Waals surface area contributed by atoms with Gasteiger partial charge in [0.05, 0.1) is 5.92 Å². The summed E-state index contributed by atoms with van der Waals surface area (Å²) >= 11 is 0. The number of amides is 1. The van der Waals surface area contributed by atoms with Gasteiger partial charge < -0.3 is 14.7 Å². The van der Waals surface area contributed by atoms with Crippen LogP contribution in [0, 0.1) is 5.92 Å². The van der Waals surface area contributed by atoms with Gasteiger partial charge in [-0.15, -0.1) is 0 Å². The Morgan fingerprint density at radius 1 is 1.00 bits per heavy atom. The van der Waals surface area contributed by atoms with Crippen LogP contribution in [0.5, 0.6) is 0 Å². The van der Waals surface area contributed by atoms with Crippen molar-refractivity contribution in [3.8, 4) is 0 Å². The second kappa shape index (κ2) is 7.17. The van der Waals surface area contributed by atoms with Crippen LogP contribution in [0.2, 0.25) is 0 Å². The molecule has 2 atom stereocenters. The van der Waals surface area contributed by atoms with E-state index in [1.807, 2.05) is 60.7 Å². The number of aliphatic carboxylic acids is 1. The molecule has 24 heavy (non-hydrogen) atoms. The highest BCUT2D eigenvalue weighted by Gasteiger charge is 2.41. The molecule has 5 nitrogen and oxygen atoms in total. The van der Waals surface area contributed by atoms with Gasteiger partial charge in [0, 0.05) is 19.0 Å². The van der Waals surface area contributed by atoms with Crippen LogP contribution >= 0.6 is 0 Å². The van der Waals surface area contributed by atoms with Crippen molar-refractivity contribution in [2.24, 2.45) is 5.92 Å². The zero-order chi connectivity index (χ0) is 16.9. The Balaban J connectivity index is 1.66. The average molecular weight is 325 g/mol. The molecule has 0 bridgehead atoms. The second-order valence-electron chi connectivity index (χ2n) is 5.91. The third kappa shape index (κ3) is 3.56. The van der Waals surface area contributed by atoms with Crippen LogP contribution in [0.4, 0.5) is 4.79 Å². The van der Waals surface area contributed by atoms with Gasteiger partial charge >= 0.3 is 12.1 Å². The van der Waals surface area contributed by atoms with Crippen LogP contribution in [-0.4, -0.2) is 35.2 Å². The van der Waals surface area contributed by atoms with Crippen LogP contribution < -0.4 is 0 Å². The lowest BCUT2D eigenvalue weighted by atomic mass is 9.89. The average Bonchev–Trinajstić information content (AvgIpc) is 3.07. The van der Waals surface area contributed by atoms with E-state index in [1.165, 1.54) is 4.90 Å². The highest BCUT2D eigenvalue weighted by molar-refractivity contribution is 5.75. The van der Waals surface area contributed by atoms with Crippen molar-refractivity contribution in [3.63, 3.8) is 0 Å². The van der Waals surface area contributed by atoms with Crippen LogP contribution in [0.25, 0.3) is 0 Å². The van der Waals surface area contributed by atoms with E-state index in [-0.39, 0.29) is 19.1 Å². The summed E-state index contributed by atoms with van der Waals surface area (Å²) in [6, 6.07) is 18.9. The number of hydrogen-bond acceptors (Lipinski definition) is 3. The van der Waals surface area contributed by atoms with E-state index in [0.29, 0.717) is 6.54 Å². The molecule has 0 spiro atoms. The first kappa shape index (κ1) is 16.1. The first-order valence-corrected chi connectivity index (χ1v) is 7.88. The Morgan fingerprint density at radius 2 is 1.62 bits per heavy atom. The number of ether oxygens (including phenoxy) is 1. The molecule has 5 heteroatoms. The van der Waals surface area contributed by atoms with E-state index >= 15 is 0 Å². The van der Waals surface area contributed by atoms with Gasteiger partial charge in [-0.3, -0.25) is 4.79 Å². The zero-order valence-electron chi connectivity index (χ0n) is 13.2. The minimum absolute atomic E-state index is 0.169. The number of carbonyl (C=O) groups excluding carboxylic acids is 1. The van der Waals surface area contributed by atoms with Crippen molar-refractivity contribution in [3.05, 3.63) is 71.8 Å². The normalized spacial score (nSPS) is 19.9. The first-order chi connectivity index (χ1) is 11.6. The number of likely N-dealkylation sites (tertiary alicyclic amines) is 1. The smallest absolute Gasteiger partial charge is 0.410 e. The Labute approximate surface area is 140 Å². The van der Waals surface area contributed by atoms with E-state index in [0.717, 1.165) is 11.1 Å². The number of hydrogen-bond donors (Lipinski definition) is 1. The Bertz CT molecular complexity index is 702. The summed E-state index contributed by atoms with van der Waals surface area (Å²) in [6.45, 7) is 0.709. The summed E-state index contributed by atoms with van der Waals surface area (Å²) in [6.07, 6.45) is -0.469. The highest BCUT2D eigenvalue weighted by atomic mass is 16.6. The standard InChI is InChI=1S/C19H19NO4/c21-18(22)17-12-20(11-16(17)15-9-5-2-6-10-15)19(23)24-13-14-7-3-1-4-8-14/h1-10,16-17H,11-13H2,(H,21,22)/t16-,17-/m0/s1. The minimum atomic E-state index is -0.887. The molecule has 124 valence electrons. The minimum Gasteiger partial charge on any atom is -0.481 e. The summed E-state index contributed by atoms with van der Waals surface area (Å²) in [7, 11) is 0. The second-order valence-corrected chi connectivity index (χ2v) is 5.91. The van der Waals surface area contributed by atoms with Gasteiger partial charge in [0.15, 0.2) is 0 Å². The predicted molar refractivity (Wildman–Crippen MR) is 88.5 cm³/mol. The third-order valence-electron chi connectivity index (χ3n) is 4.33. The molecule has 2 aromatic rings. The maximum absolute atomic E-state index is 12.3. The summed E-state index contributed by atoms with van der Waals surface area (Å²) in [4.78, 5) is 25.3. The lowest BCUT2D eigenvalue weighted by Gasteiger charge is -2.16. The summed E-state index contributed by atoms with van der Waals surface area (Å²) < 4.78 is 5.32. The van der Waals surface area contributed by atoms with Crippen molar-refractivity contribution < 1.29 is 19.4 Å². The number of carbonyl (C=O) groups is 2. The van der Waals surface area contributed by atoms with Crippen LogP contribution in [-0.2, 0) is 16.1 Å². The van der Waals surface area contributed by atoms with E-state index in [2.05, 4.69) is 0 Å². The third-order valence-corrected chi connectivity index (χ3v) is 4.33. The highest BCUT2D eigenvalue weighted by Crippen LogP contribution is 2.33. The predicted octanol–water partition coefficient (Wildman–Crippen LogP) is 3.12. The lowest BCUT2D eigenvalue weighted by molar-refractivity contribution is -0.141. The fraction of sp³-hybridized carbons (Fsp3) is 0.263. The quantitative estimate of drug-likeness (QED) is 0.938. The number of rotatable bonds is 4. The molecule has 0 unspecified atom stereocenters. The zero-order valence-corrected chi connectivity index (χ0v) is 13.2.